The summed E-state index contributed by atoms with van der Waals surface area (Å²) < 4.78 is 14.2. The van der Waals surface area contributed by atoms with Crippen LogP contribution in [0.1, 0.15) is 23.0 Å². The molecule has 6 nitrogen and oxygen atoms in total. The molecule has 1 amide bonds. The average molecular weight is 491 g/mol. The maximum Gasteiger partial charge on any atom is 0.271 e. The van der Waals surface area contributed by atoms with E-state index in [0.717, 1.165) is 34.2 Å². The highest BCUT2D eigenvalue weighted by molar-refractivity contribution is 14.1. The lowest BCUT2D eigenvalue weighted by Gasteiger charge is -2.20. The van der Waals surface area contributed by atoms with Gasteiger partial charge >= 0.3 is 0 Å². The molecular weight excluding hydrogens is 470 g/mol. The molecule has 0 saturated carbocycles. The largest absolute Gasteiger partial charge is 0.349 e. The minimum Gasteiger partial charge on any atom is -0.349 e. The number of likely N-dealkylation sites (N-methyl/N-ethyl adjacent to an activating group) is 1. The summed E-state index contributed by atoms with van der Waals surface area (Å²) in [5.74, 6) is -0.695. The van der Waals surface area contributed by atoms with E-state index in [0.29, 0.717) is 24.3 Å². The first-order valence-corrected chi connectivity index (χ1v) is 10.2. The predicted molar refractivity (Wildman–Crippen MR) is 115 cm³/mol. The van der Waals surface area contributed by atoms with Gasteiger partial charge in [0.05, 0.1) is 17.2 Å². The maximum absolute atomic E-state index is 13.2. The Morgan fingerprint density at radius 2 is 2.04 bits per heavy atom. The van der Waals surface area contributed by atoms with E-state index in [9.17, 15) is 9.18 Å². The second-order valence-electron chi connectivity index (χ2n) is 6.32. The summed E-state index contributed by atoms with van der Waals surface area (Å²) in [7, 11) is 0. The molecule has 2 heterocycles. The van der Waals surface area contributed by atoms with E-state index >= 15 is 0 Å². The molecule has 2 aromatic heterocycles. The molecule has 0 aliphatic carbocycles. The molecule has 0 aliphatic heterocycles. The summed E-state index contributed by atoms with van der Waals surface area (Å²) in [5.41, 5.74) is 2.70. The van der Waals surface area contributed by atoms with E-state index < -0.39 is 5.95 Å². The van der Waals surface area contributed by atoms with Crippen molar-refractivity contribution in [3.8, 4) is 0 Å². The van der Waals surface area contributed by atoms with Crippen LogP contribution < -0.4 is 5.32 Å². The van der Waals surface area contributed by atoms with E-state index in [2.05, 4.69) is 54.7 Å². The first-order valence-electron chi connectivity index (χ1n) is 9.08. The molecule has 0 aliphatic rings. The van der Waals surface area contributed by atoms with E-state index in [1.54, 1.807) is 0 Å². The quantitative estimate of drug-likeness (QED) is 0.388. The van der Waals surface area contributed by atoms with Crippen LogP contribution in [0.15, 0.2) is 42.7 Å². The van der Waals surface area contributed by atoms with Gasteiger partial charge in [-0.05, 0) is 71.5 Å². The Balaban J connectivity index is 1.50. The fraction of sp³-hybridized carbons (Fsp3) is 0.300. The lowest BCUT2D eigenvalue weighted by atomic mass is 10.2. The number of pyridine rings is 1. The Bertz CT molecular complexity index is 968. The Kier molecular flexibility index (Phi) is 7.21. The van der Waals surface area contributed by atoms with Gasteiger partial charge in [0, 0.05) is 29.4 Å². The van der Waals surface area contributed by atoms with Crippen LogP contribution in [0.3, 0.4) is 0 Å². The van der Waals surface area contributed by atoms with Crippen LogP contribution in [0.2, 0.25) is 0 Å². The molecule has 1 aromatic carbocycles. The highest BCUT2D eigenvalue weighted by Gasteiger charge is 2.10. The number of carbonyl (C=O) groups is 1. The van der Waals surface area contributed by atoms with Crippen molar-refractivity contribution in [3.05, 3.63) is 63.5 Å². The number of rotatable bonds is 8. The van der Waals surface area contributed by atoms with Crippen molar-refractivity contribution in [1.29, 1.82) is 0 Å². The number of nitrogens with one attached hydrogen (secondary N) is 1. The number of carbonyl (C=O) groups excluding carboxylic acids is 1. The lowest BCUT2D eigenvalue weighted by Crippen LogP contribution is -2.36. The van der Waals surface area contributed by atoms with Gasteiger partial charge in [-0.3, -0.25) is 9.78 Å². The second-order valence-corrected chi connectivity index (χ2v) is 7.56. The first kappa shape index (κ1) is 20.5. The number of nitrogens with zero attached hydrogens (tertiary/aromatic N) is 4. The summed E-state index contributed by atoms with van der Waals surface area (Å²) in [5, 5.41) is 2.89. The van der Waals surface area contributed by atoms with Gasteiger partial charge in [0.1, 0.15) is 5.69 Å². The molecule has 0 atom stereocenters. The van der Waals surface area contributed by atoms with Crippen molar-refractivity contribution < 1.29 is 9.18 Å². The van der Waals surface area contributed by atoms with E-state index in [4.69, 9.17) is 0 Å². The highest BCUT2D eigenvalue weighted by Crippen LogP contribution is 2.13. The van der Waals surface area contributed by atoms with E-state index in [-0.39, 0.29) is 5.91 Å². The minimum absolute atomic E-state index is 0.236. The molecule has 0 radical (unpaired) electrons. The smallest absolute Gasteiger partial charge is 0.271 e. The normalized spacial score (nSPS) is 11.1. The Morgan fingerprint density at radius 3 is 2.82 bits per heavy atom. The molecular formula is C20H21FIN5O. The number of fused-ring (bicyclic) bond motifs is 1. The summed E-state index contributed by atoms with van der Waals surface area (Å²) in [4.78, 5) is 26.8. The summed E-state index contributed by atoms with van der Waals surface area (Å²) >= 11 is 2.22. The molecule has 0 fully saturated rings. The Morgan fingerprint density at radius 1 is 1.18 bits per heavy atom. The fourth-order valence-corrected chi connectivity index (χ4v) is 3.30. The van der Waals surface area contributed by atoms with Gasteiger partial charge in [0.2, 0.25) is 5.95 Å². The van der Waals surface area contributed by atoms with Crippen molar-refractivity contribution in [2.45, 2.75) is 13.3 Å². The third-order valence-corrected chi connectivity index (χ3v) is 5.08. The molecule has 3 rings (SSSR count). The van der Waals surface area contributed by atoms with Gasteiger partial charge < -0.3 is 10.2 Å². The van der Waals surface area contributed by atoms with Gasteiger partial charge in [-0.1, -0.05) is 6.92 Å². The Labute approximate surface area is 176 Å². The van der Waals surface area contributed by atoms with Crippen LogP contribution >= 0.6 is 22.6 Å². The molecule has 146 valence electrons. The molecule has 0 saturated heterocycles. The first-order chi connectivity index (χ1) is 13.5. The van der Waals surface area contributed by atoms with Gasteiger partial charge in [-0.25, -0.2) is 9.97 Å². The van der Waals surface area contributed by atoms with Gasteiger partial charge in [0.15, 0.2) is 0 Å². The third kappa shape index (κ3) is 5.65. The average Bonchev–Trinajstić information content (AvgIpc) is 2.70. The summed E-state index contributed by atoms with van der Waals surface area (Å²) in [6.07, 6.45) is 3.71. The number of halogens is 2. The zero-order chi connectivity index (χ0) is 19.9. The molecule has 8 heteroatoms. The highest BCUT2D eigenvalue weighted by atomic mass is 125. The van der Waals surface area contributed by atoms with Crippen LogP contribution in [-0.2, 0) is 6.42 Å². The molecule has 0 bridgehead atoms. The molecule has 1 N–H and O–H groups in total. The van der Waals surface area contributed by atoms with Gasteiger partial charge in [0.25, 0.3) is 5.91 Å². The lowest BCUT2D eigenvalue weighted by molar-refractivity contribution is 0.0943. The van der Waals surface area contributed by atoms with Crippen molar-refractivity contribution in [3.63, 3.8) is 0 Å². The predicted octanol–water partition coefficient (Wildman–Crippen LogP) is 3.06. The molecule has 0 unspecified atom stereocenters. The Hall–Kier alpha value is -2.20. The van der Waals surface area contributed by atoms with Crippen LogP contribution in [0.25, 0.3) is 11.0 Å². The van der Waals surface area contributed by atoms with Gasteiger partial charge in [-0.15, -0.1) is 0 Å². The van der Waals surface area contributed by atoms with Crippen molar-refractivity contribution in [1.82, 2.24) is 25.2 Å². The standard InChI is InChI=1S/C20H21FIN5O/c1-2-27(9-6-14-5-7-23-19(21)11-14)10-8-24-20(28)18-13-25-17-12-15(22)3-4-16(17)26-18/h3-5,7,11-13H,2,6,8-10H2,1H3,(H,24,28)/i22-2. The topological polar surface area (TPSA) is 71.0 Å². The monoisotopic (exact) mass is 491 g/mol. The van der Waals surface area contributed by atoms with E-state index in [1.807, 2.05) is 24.3 Å². The van der Waals surface area contributed by atoms with Crippen LogP contribution in [-0.4, -0.2) is 51.9 Å². The molecule has 0 spiro atoms. The number of hydrogen-bond acceptors (Lipinski definition) is 5. The van der Waals surface area contributed by atoms with Gasteiger partial charge in [-0.2, -0.15) is 4.39 Å². The van der Waals surface area contributed by atoms with Crippen LogP contribution in [0, 0.1) is 9.52 Å². The second kappa shape index (κ2) is 9.83. The summed E-state index contributed by atoms with van der Waals surface area (Å²) in [6, 6.07) is 9.00. The zero-order valence-electron chi connectivity index (χ0n) is 15.5. The van der Waals surface area contributed by atoms with Crippen molar-refractivity contribution in [2.24, 2.45) is 0 Å². The minimum atomic E-state index is -0.459. The number of benzene rings is 1. The maximum atomic E-state index is 13.2. The van der Waals surface area contributed by atoms with E-state index in [1.165, 1.54) is 18.5 Å². The SMILES string of the molecule is CCN(CCNC(=O)c1cnc2cc([125I])ccc2n1)CCc1ccnc(F)c1. The molecule has 28 heavy (non-hydrogen) atoms. The number of aromatic nitrogens is 3. The number of amides is 1. The summed E-state index contributed by atoms with van der Waals surface area (Å²) in [6.45, 7) is 4.89. The van der Waals surface area contributed by atoms with Crippen molar-refractivity contribution >= 4 is 39.5 Å². The molecule has 3 aromatic rings. The van der Waals surface area contributed by atoms with Crippen molar-refractivity contribution in [2.75, 3.05) is 26.2 Å². The zero-order valence-corrected chi connectivity index (χ0v) is 17.7. The van der Waals surface area contributed by atoms with Crippen LogP contribution in [0.5, 0.6) is 0 Å². The third-order valence-electron chi connectivity index (χ3n) is 4.41. The fourth-order valence-electron chi connectivity index (χ4n) is 2.82. The van der Waals surface area contributed by atoms with Crippen LogP contribution in [0.4, 0.5) is 4.39 Å². The number of hydrogen-bond donors (Lipinski definition) is 1.